The molecule has 4 rings (SSSR count). The van der Waals surface area contributed by atoms with Crippen LogP contribution in [0.15, 0.2) is 34.7 Å². The number of fused-ring (bicyclic) bond motifs is 2. The van der Waals surface area contributed by atoms with Crippen LogP contribution in [0.2, 0.25) is 0 Å². The van der Waals surface area contributed by atoms with E-state index >= 15 is 0 Å². The molecule has 0 aliphatic heterocycles. The van der Waals surface area contributed by atoms with Crippen LogP contribution >= 0.6 is 11.3 Å². The van der Waals surface area contributed by atoms with Crippen molar-refractivity contribution in [1.29, 1.82) is 0 Å². The van der Waals surface area contributed by atoms with Gasteiger partial charge in [-0.3, -0.25) is 0 Å². The van der Waals surface area contributed by atoms with Crippen LogP contribution in [0.4, 0.5) is 5.69 Å². The SMILES string of the molecule is Cc1ccc2cc(-c3sc4c(C)cc(N(C)C)c(C)c4c3C)oc2c1. The zero-order chi connectivity index (χ0) is 17.9. The van der Waals surface area contributed by atoms with Gasteiger partial charge in [-0.2, -0.15) is 0 Å². The van der Waals surface area contributed by atoms with Crippen LogP contribution < -0.4 is 4.90 Å². The summed E-state index contributed by atoms with van der Waals surface area (Å²) in [4.78, 5) is 3.44. The summed E-state index contributed by atoms with van der Waals surface area (Å²) >= 11 is 1.85. The Morgan fingerprint density at radius 2 is 1.68 bits per heavy atom. The largest absolute Gasteiger partial charge is 0.455 e. The van der Waals surface area contributed by atoms with Crippen LogP contribution in [0.3, 0.4) is 0 Å². The van der Waals surface area contributed by atoms with E-state index in [0.717, 1.165) is 11.3 Å². The molecule has 0 saturated heterocycles. The lowest BCUT2D eigenvalue weighted by molar-refractivity contribution is 0.632. The summed E-state index contributed by atoms with van der Waals surface area (Å²) in [6.45, 7) is 8.75. The Bertz CT molecular complexity index is 1110. The Balaban J connectivity index is 2.00. The molecule has 0 aliphatic rings. The summed E-state index contributed by atoms with van der Waals surface area (Å²) in [7, 11) is 4.22. The molecule has 2 heterocycles. The molecule has 0 saturated carbocycles. The molecule has 2 aromatic heterocycles. The minimum absolute atomic E-state index is 0.967. The minimum Gasteiger partial charge on any atom is -0.455 e. The highest BCUT2D eigenvalue weighted by molar-refractivity contribution is 7.22. The van der Waals surface area contributed by atoms with Crippen molar-refractivity contribution in [2.45, 2.75) is 27.7 Å². The number of aryl methyl sites for hydroxylation is 4. The number of hydrogen-bond donors (Lipinski definition) is 0. The molecular weight excluding hydrogens is 326 g/mol. The van der Waals surface area contributed by atoms with Gasteiger partial charge in [-0.05, 0) is 68.1 Å². The van der Waals surface area contributed by atoms with E-state index in [1.54, 1.807) is 0 Å². The van der Waals surface area contributed by atoms with Gasteiger partial charge in [-0.25, -0.2) is 0 Å². The first-order valence-corrected chi connectivity index (χ1v) is 9.39. The van der Waals surface area contributed by atoms with Crippen LogP contribution in [-0.2, 0) is 0 Å². The Kier molecular flexibility index (Phi) is 3.66. The van der Waals surface area contributed by atoms with Crippen LogP contribution in [0.1, 0.15) is 22.3 Å². The van der Waals surface area contributed by atoms with Gasteiger partial charge in [0.05, 0.1) is 4.88 Å². The number of anilines is 1. The zero-order valence-electron chi connectivity index (χ0n) is 15.7. The first-order valence-electron chi connectivity index (χ1n) is 8.58. The molecule has 0 radical (unpaired) electrons. The van der Waals surface area contributed by atoms with Crippen LogP contribution in [0.25, 0.3) is 31.7 Å². The smallest absolute Gasteiger partial charge is 0.145 e. The summed E-state index contributed by atoms with van der Waals surface area (Å²) in [5.41, 5.74) is 7.48. The molecule has 2 aromatic carbocycles. The van der Waals surface area contributed by atoms with Crippen molar-refractivity contribution in [3.8, 4) is 10.6 Å². The molecule has 0 atom stereocenters. The average molecular weight is 349 g/mol. The van der Waals surface area contributed by atoms with Crippen molar-refractivity contribution in [3.63, 3.8) is 0 Å². The van der Waals surface area contributed by atoms with Crippen molar-refractivity contribution in [1.82, 2.24) is 0 Å². The molecule has 2 nitrogen and oxygen atoms in total. The van der Waals surface area contributed by atoms with Crippen LogP contribution in [0.5, 0.6) is 0 Å². The summed E-state index contributed by atoms with van der Waals surface area (Å²) in [5, 5.41) is 2.54. The highest BCUT2D eigenvalue weighted by Gasteiger charge is 2.19. The first kappa shape index (κ1) is 16.2. The molecule has 3 heteroatoms. The van der Waals surface area contributed by atoms with E-state index in [-0.39, 0.29) is 0 Å². The van der Waals surface area contributed by atoms with Crippen molar-refractivity contribution in [2.75, 3.05) is 19.0 Å². The second kappa shape index (κ2) is 5.63. The number of rotatable bonds is 2. The zero-order valence-corrected chi connectivity index (χ0v) is 16.5. The molecule has 25 heavy (non-hydrogen) atoms. The fourth-order valence-electron chi connectivity index (χ4n) is 3.70. The monoisotopic (exact) mass is 349 g/mol. The quantitative estimate of drug-likeness (QED) is 0.404. The van der Waals surface area contributed by atoms with Gasteiger partial charge < -0.3 is 9.32 Å². The highest BCUT2D eigenvalue weighted by Crippen LogP contribution is 2.44. The summed E-state index contributed by atoms with van der Waals surface area (Å²) in [5.74, 6) is 0.976. The third-order valence-corrected chi connectivity index (χ3v) is 6.44. The Morgan fingerprint density at radius 1 is 0.920 bits per heavy atom. The lowest BCUT2D eigenvalue weighted by atomic mass is 10.0. The molecule has 0 amide bonds. The van der Waals surface area contributed by atoms with E-state index < -0.39 is 0 Å². The maximum atomic E-state index is 6.20. The third-order valence-electron chi connectivity index (χ3n) is 5.00. The van der Waals surface area contributed by atoms with E-state index in [4.69, 9.17) is 4.42 Å². The molecule has 0 unspecified atom stereocenters. The normalized spacial score (nSPS) is 11.6. The summed E-state index contributed by atoms with van der Waals surface area (Å²) < 4.78 is 7.57. The van der Waals surface area contributed by atoms with Gasteiger partial charge in [0, 0.05) is 35.3 Å². The van der Waals surface area contributed by atoms with Gasteiger partial charge in [-0.1, -0.05) is 12.1 Å². The second-order valence-corrected chi connectivity index (χ2v) is 8.16. The van der Waals surface area contributed by atoms with E-state index in [1.165, 1.54) is 48.3 Å². The molecule has 4 aromatic rings. The van der Waals surface area contributed by atoms with Crippen molar-refractivity contribution >= 4 is 38.1 Å². The Hall–Kier alpha value is -2.26. The van der Waals surface area contributed by atoms with E-state index in [0.29, 0.717) is 0 Å². The van der Waals surface area contributed by atoms with E-state index in [9.17, 15) is 0 Å². The number of thiophene rings is 1. The lowest BCUT2D eigenvalue weighted by Gasteiger charge is -2.18. The van der Waals surface area contributed by atoms with Gasteiger partial charge >= 0.3 is 0 Å². The molecule has 128 valence electrons. The fraction of sp³-hybridized carbons (Fsp3) is 0.273. The Labute approximate surface area is 152 Å². The molecule has 0 fully saturated rings. The van der Waals surface area contributed by atoms with Crippen LogP contribution in [0, 0.1) is 27.7 Å². The number of benzene rings is 2. The van der Waals surface area contributed by atoms with E-state index in [2.05, 4.69) is 77.0 Å². The standard InChI is InChI=1S/C22H23NOS/c1-12-7-8-16-11-19(24-18(16)9-12)22-15(4)20-14(3)17(23(5)6)10-13(2)21(20)25-22/h7-11H,1-6H3. The van der Waals surface area contributed by atoms with Crippen molar-refractivity contribution < 1.29 is 4.42 Å². The van der Waals surface area contributed by atoms with Gasteiger partial charge in [-0.15, -0.1) is 11.3 Å². The lowest BCUT2D eigenvalue weighted by Crippen LogP contribution is -2.10. The first-order chi connectivity index (χ1) is 11.9. The van der Waals surface area contributed by atoms with Gasteiger partial charge in [0.2, 0.25) is 0 Å². The van der Waals surface area contributed by atoms with Gasteiger partial charge in [0.1, 0.15) is 11.3 Å². The van der Waals surface area contributed by atoms with Crippen LogP contribution in [-0.4, -0.2) is 14.1 Å². The molecule has 0 spiro atoms. The summed E-state index contributed by atoms with van der Waals surface area (Å²) in [6.07, 6.45) is 0. The predicted octanol–water partition coefficient (Wildman–Crippen LogP) is 6.61. The van der Waals surface area contributed by atoms with Gasteiger partial charge in [0.25, 0.3) is 0 Å². The molecule has 0 N–H and O–H groups in total. The molecular formula is C22H23NOS. The fourth-order valence-corrected chi connectivity index (χ4v) is 4.99. The average Bonchev–Trinajstić information content (AvgIpc) is 3.11. The second-order valence-electron chi connectivity index (χ2n) is 7.14. The minimum atomic E-state index is 0.967. The highest BCUT2D eigenvalue weighted by atomic mass is 32.1. The molecule has 0 aliphatic carbocycles. The number of nitrogens with zero attached hydrogens (tertiary/aromatic N) is 1. The van der Waals surface area contributed by atoms with Crippen molar-refractivity contribution in [2.24, 2.45) is 0 Å². The van der Waals surface area contributed by atoms with Crippen molar-refractivity contribution in [3.05, 3.63) is 52.6 Å². The van der Waals surface area contributed by atoms with Gasteiger partial charge in [0.15, 0.2) is 0 Å². The van der Waals surface area contributed by atoms with E-state index in [1.807, 2.05) is 11.3 Å². The Morgan fingerprint density at radius 3 is 2.40 bits per heavy atom. The molecule has 0 bridgehead atoms. The maximum Gasteiger partial charge on any atom is 0.145 e. The topological polar surface area (TPSA) is 16.4 Å². The number of furan rings is 1. The summed E-state index contributed by atoms with van der Waals surface area (Å²) in [6, 6.07) is 10.9. The predicted molar refractivity (Wildman–Crippen MR) is 110 cm³/mol. The third kappa shape index (κ3) is 2.46. The maximum absolute atomic E-state index is 6.20. The number of hydrogen-bond acceptors (Lipinski definition) is 3.